The standard InChI is InChI=1S/C15H12N2O2/c18-14-11-7-4-8-12(13(11)15(19)17-14)16-9-10-5-2-1-3-6-10/h1-8,16H,9H2,(H,17,18,19). The highest BCUT2D eigenvalue weighted by atomic mass is 16.2. The molecule has 0 spiro atoms. The largest absolute Gasteiger partial charge is 0.380 e. The van der Waals surface area contributed by atoms with Crippen molar-refractivity contribution < 1.29 is 9.59 Å². The SMILES string of the molecule is O=C1NC(=O)c2c(NCc3ccccc3)cccc21. The molecule has 0 radical (unpaired) electrons. The number of nitrogens with one attached hydrogen (secondary N) is 2. The van der Waals surface area contributed by atoms with E-state index in [-0.39, 0.29) is 11.8 Å². The van der Waals surface area contributed by atoms with Crippen LogP contribution in [0.4, 0.5) is 5.69 Å². The molecule has 0 unspecified atom stereocenters. The summed E-state index contributed by atoms with van der Waals surface area (Å²) >= 11 is 0. The minimum absolute atomic E-state index is 0.330. The van der Waals surface area contributed by atoms with Crippen molar-refractivity contribution in [3.8, 4) is 0 Å². The molecule has 0 saturated heterocycles. The van der Waals surface area contributed by atoms with E-state index >= 15 is 0 Å². The van der Waals surface area contributed by atoms with Gasteiger partial charge in [0.1, 0.15) is 0 Å². The predicted octanol–water partition coefficient (Wildman–Crippen LogP) is 2.18. The third-order valence-corrected chi connectivity index (χ3v) is 3.09. The second-order valence-electron chi connectivity index (χ2n) is 4.35. The lowest BCUT2D eigenvalue weighted by Crippen LogP contribution is -2.20. The number of hydrogen-bond acceptors (Lipinski definition) is 3. The van der Waals surface area contributed by atoms with Crippen LogP contribution in [0.15, 0.2) is 48.5 Å². The van der Waals surface area contributed by atoms with E-state index in [0.29, 0.717) is 23.4 Å². The van der Waals surface area contributed by atoms with Crippen LogP contribution in [-0.2, 0) is 6.54 Å². The molecular formula is C15H12N2O2. The first-order chi connectivity index (χ1) is 9.25. The molecule has 0 fully saturated rings. The topological polar surface area (TPSA) is 58.2 Å². The van der Waals surface area contributed by atoms with Crippen molar-refractivity contribution in [1.29, 1.82) is 0 Å². The van der Waals surface area contributed by atoms with Crippen molar-refractivity contribution in [1.82, 2.24) is 5.32 Å². The lowest BCUT2D eigenvalue weighted by Gasteiger charge is -2.09. The number of rotatable bonds is 3. The van der Waals surface area contributed by atoms with E-state index in [1.807, 2.05) is 30.3 Å². The van der Waals surface area contributed by atoms with Gasteiger partial charge in [-0.05, 0) is 17.7 Å². The zero-order chi connectivity index (χ0) is 13.2. The molecule has 2 aromatic rings. The van der Waals surface area contributed by atoms with Crippen LogP contribution >= 0.6 is 0 Å². The molecule has 0 atom stereocenters. The maximum absolute atomic E-state index is 11.7. The Morgan fingerprint density at radius 2 is 1.68 bits per heavy atom. The van der Waals surface area contributed by atoms with Gasteiger partial charge in [0.2, 0.25) is 0 Å². The second-order valence-corrected chi connectivity index (χ2v) is 4.35. The first kappa shape index (κ1) is 11.5. The minimum atomic E-state index is -0.337. The normalized spacial score (nSPS) is 13.1. The second kappa shape index (κ2) is 4.57. The summed E-state index contributed by atoms with van der Waals surface area (Å²) in [6, 6.07) is 15.1. The molecule has 1 aliphatic rings. The molecule has 2 amide bonds. The fraction of sp³-hybridized carbons (Fsp3) is 0.0667. The number of amides is 2. The molecule has 2 N–H and O–H groups in total. The summed E-state index contributed by atoms with van der Waals surface area (Å²) in [5.74, 6) is -0.667. The first-order valence-corrected chi connectivity index (χ1v) is 6.02. The van der Waals surface area contributed by atoms with E-state index in [0.717, 1.165) is 5.56 Å². The van der Waals surface area contributed by atoms with Gasteiger partial charge < -0.3 is 5.32 Å². The van der Waals surface area contributed by atoms with E-state index < -0.39 is 0 Å². The molecule has 4 nitrogen and oxygen atoms in total. The Bertz CT molecular complexity index is 650. The fourth-order valence-corrected chi connectivity index (χ4v) is 2.16. The molecule has 0 aliphatic carbocycles. The molecule has 2 aromatic carbocycles. The van der Waals surface area contributed by atoms with Crippen molar-refractivity contribution in [3.63, 3.8) is 0 Å². The molecule has 3 rings (SSSR count). The van der Waals surface area contributed by atoms with Crippen LogP contribution in [0.5, 0.6) is 0 Å². The monoisotopic (exact) mass is 252 g/mol. The number of carbonyl (C=O) groups is 2. The Morgan fingerprint density at radius 3 is 2.47 bits per heavy atom. The van der Waals surface area contributed by atoms with Gasteiger partial charge in [-0.25, -0.2) is 0 Å². The highest BCUT2D eigenvalue weighted by Gasteiger charge is 2.28. The van der Waals surface area contributed by atoms with Crippen LogP contribution in [-0.4, -0.2) is 11.8 Å². The zero-order valence-electron chi connectivity index (χ0n) is 10.1. The van der Waals surface area contributed by atoms with Gasteiger partial charge >= 0.3 is 0 Å². The maximum atomic E-state index is 11.7. The Labute approximate surface area is 110 Å². The smallest absolute Gasteiger partial charge is 0.261 e. The number of hydrogen-bond donors (Lipinski definition) is 2. The maximum Gasteiger partial charge on any atom is 0.261 e. The number of benzene rings is 2. The fourth-order valence-electron chi connectivity index (χ4n) is 2.16. The molecule has 0 saturated carbocycles. The molecule has 1 heterocycles. The number of fused-ring (bicyclic) bond motifs is 1. The average molecular weight is 252 g/mol. The summed E-state index contributed by atoms with van der Waals surface area (Å²) in [5, 5.41) is 5.50. The quantitative estimate of drug-likeness (QED) is 0.823. The summed E-state index contributed by atoms with van der Waals surface area (Å²) < 4.78 is 0. The molecule has 19 heavy (non-hydrogen) atoms. The number of imide groups is 1. The van der Waals surface area contributed by atoms with Crippen molar-refractivity contribution in [2.24, 2.45) is 0 Å². The molecule has 0 aromatic heterocycles. The van der Waals surface area contributed by atoms with Crippen LogP contribution in [0.1, 0.15) is 26.3 Å². The van der Waals surface area contributed by atoms with Gasteiger partial charge in [0.15, 0.2) is 0 Å². The van der Waals surface area contributed by atoms with Crippen molar-refractivity contribution in [2.75, 3.05) is 5.32 Å². The summed E-state index contributed by atoms with van der Waals surface area (Å²) in [7, 11) is 0. The minimum Gasteiger partial charge on any atom is -0.380 e. The Hall–Kier alpha value is -2.62. The van der Waals surface area contributed by atoms with Gasteiger partial charge in [0.05, 0.1) is 11.1 Å². The van der Waals surface area contributed by atoms with Crippen LogP contribution in [0.2, 0.25) is 0 Å². The Morgan fingerprint density at radius 1 is 0.895 bits per heavy atom. The van der Waals surface area contributed by atoms with E-state index in [4.69, 9.17) is 0 Å². The third-order valence-electron chi connectivity index (χ3n) is 3.09. The third kappa shape index (κ3) is 2.08. The van der Waals surface area contributed by atoms with Gasteiger partial charge in [-0.2, -0.15) is 0 Å². The van der Waals surface area contributed by atoms with Crippen molar-refractivity contribution in [3.05, 3.63) is 65.2 Å². The summed E-state index contributed by atoms with van der Waals surface area (Å²) in [6.07, 6.45) is 0. The van der Waals surface area contributed by atoms with Gasteiger partial charge in [-0.3, -0.25) is 14.9 Å². The Balaban J connectivity index is 1.87. The number of anilines is 1. The molecule has 0 bridgehead atoms. The van der Waals surface area contributed by atoms with Crippen molar-refractivity contribution in [2.45, 2.75) is 6.54 Å². The summed E-state index contributed by atoms with van der Waals surface area (Å²) in [5.41, 5.74) is 2.67. The summed E-state index contributed by atoms with van der Waals surface area (Å²) in [6.45, 7) is 0.610. The average Bonchev–Trinajstić information content (AvgIpc) is 2.74. The van der Waals surface area contributed by atoms with Gasteiger partial charge in [-0.1, -0.05) is 36.4 Å². The molecule has 94 valence electrons. The van der Waals surface area contributed by atoms with Crippen molar-refractivity contribution >= 4 is 17.5 Å². The molecule has 1 aliphatic heterocycles. The zero-order valence-corrected chi connectivity index (χ0v) is 10.1. The highest BCUT2D eigenvalue weighted by Crippen LogP contribution is 2.24. The van der Waals surface area contributed by atoms with E-state index in [9.17, 15) is 9.59 Å². The van der Waals surface area contributed by atoms with E-state index in [1.54, 1.807) is 18.2 Å². The summed E-state index contributed by atoms with van der Waals surface area (Å²) in [4.78, 5) is 23.3. The van der Waals surface area contributed by atoms with Crippen LogP contribution in [0, 0.1) is 0 Å². The highest BCUT2D eigenvalue weighted by molar-refractivity contribution is 6.23. The molecular weight excluding hydrogens is 240 g/mol. The predicted molar refractivity (Wildman–Crippen MR) is 72.0 cm³/mol. The lowest BCUT2D eigenvalue weighted by molar-refractivity contribution is 0.0880. The van der Waals surface area contributed by atoms with Crippen LogP contribution in [0.25, 0.3) is 0 Å². The van der Waals surface area contributed by atoms with Crippen LogP contribution < -0.4 is 10.6 Å². The lowest BCUT2D eigenvalue weighted by atomic mass is 10.1. The van der Waals surface area contributed by atoms with Gasteiger partial charge in [0.25, 0.3) is 11.8 Å². The van der Waals surface area contributed by atoms with Crippen LogP contribution in [0.3, 0.4) is 0 Å². The first-order valence-electron chi connectivity index (χ1n) is 6.02. The van der Waals surface area contributed by atoms with E-state index in [1.165, 1.54) is 0 Å². The van der Waals surface area contributed by atoms with Gasteiger partial charge in [0, 0.05) is 12.2 Å². The number of carbonyl (C=O) groups excluding carboxylic acids is 2. The molecule has 4 heteroatoms. The Kier molecular flexibility index (Phi) is 2.76. The van der Waals surface area contributed by atoms with Gasteiger partial charge in [-0.15, -0.1) is 0 Å². The van der Waals surface area contributed by atoms with E-state index in [2.05, 4.69) is 10.6 Å².